The van der Waals surface area contributed by atoms with Gasteiger partial charge in [0.15, 0.2) is 0 Å². The van der Waals surface area contributed by atoms with Gasteiger partial charge in [-0.15, -0.1) is 0 Å². The molecular weight excluding hydrogens is 271 g/mol. The van der Waals surface area contributed by atoms with Crippen LogP contribution in [-0.4, -0.2) is 12.1 Å². The van der Waals surface area contributed by atoms with Gasteiger partial charge in [0.05, 0.1) is 17.2 Å². The van der Waals surface area contributed by atoms with Crippen LogP contribution in [0.5, 0.6) is 5.75 Å². The standard InChI is InChI=1S/C13H12Cl2N2O/c1-7-8(3-4-13(16)17-7)9-5-11(15)12(18-2)6-10(9)14/h3-6H,1-2H3,(H2,16,17). The van der Waals surface area contributed by atoms with Crippen LogP contribution in [0.25, 0.3) is 11.1 Å². The zero-order valence-corrected chi connectivity index (χ0v) is 11.5. The van der Waals surface area contributed by atoms with Gasteiger partial charge in [0.1, 0.15) is 11.6 Å². The van der Waals surface area contributed by atoms with Crippen LogP contribution in [0.15, 0.2) is 24.3 Å². The van der Waals surface area contributed by atoms with Crippen molar-refractivity contribution in [2.75, 3.05) is 12.8 Å². The summed E-state index contributed by atoms with van der Waals surface area (Å²) in [5.41, 5.74) is 8.15. The number of nitrogen functional groups attached to an aromatic ring is 1. The molecular formula is C13H12Cl2N2O. The number of pyridine rings is 1. The fourth-order valence-corrected chi connectivity index (χ4v) is 2.25. The van der Waals surface area contributed by atoms with Crippen molar-refractivity contribution in [2.24, 2.45) is 0 Å². The number of nitrogens with two attached hydrogens (primary N) is 1. The summed E-state index contributed by atoms with van der Waals surface area (Å²) in [5.74, 6) is 1.03. The summed E-state index contributed by atoms with van der Waals surface area (Å²) in [6.07, 6.45) is 0. The molecule has 0 aliphatic heterocycles. The molecule has 0 saturated heterocycles. The number of benzene rings is 1. The van der Waals surface area contributed by atoms with Gasteiger partial charge in [0, 0.05) is 22.9 Å². The number of methoxy groups -OCH3 is 1. The third-order valence-corrected chi connectivity index (χ3v) is 3.25. The predicted molar refractivity (Wildman–Crippen MR) is 75.4 cm³/mol. The molecule has 0 radical (unpaired) electrons. The van der Waals surface area contributed by atoms with Gasteiger partial charge in [-0.1, -0.05) is 23.2 Å². The van der Waals surface area contributed by atoms with Gasteiger partial charge < -0.3 is 10.5 Å². The van der Waals surface area contributed by atoms with Gasteiger partial charge in [-0.05, 0) is 25.1 Å². The first-order valence-corrected chi connectivity index (χ1v) is 6.05. The molecule has 18 heavy (non-hydrogen) atoms. The van der Waals surface area contributed by atoms with E-state index in [-0.39, 0.29) is 0 Å². The number of nitrogens with zero attached hydrogens (tertiary/aromatic N) is 1. The monoisotopic (exact) mass is 282 g/mol. The van der Waals surface area contributed by atoms with Crippen molar-refractivity contribution in [3.05, 3.63) is 40.0 Å². The fraction of sp³-hybridized carbons (Fsp3) is 0.154. The highest BCUT2D eigenvalue weighted by atomic mass is 35.5. The third kappa shape index (κ3) is 2.37. The Morgan fingerprint density at radius 3 is 2.44 bits per heavy atom. The Labute approximate surface area is 115 Å². The molecule has 94 valence electrons. The van der Waals surface area contributed by atoms with E-state index in [9.17, 15) is 0 Å². The number of aryl methyl sites for hydroxylation is 1. The van der Waals surface area contributed by atoms with Crippen LogP contribution in [0.1, 0.15) is 5.69 Å². The highest BCUT2D eigenvalue weighted by Crippen LogP contribution is 2.37. The van der Waals surface area contributed by atoms with Gasteiger partial charge in [-0.3, -0.25) is 0 Å². The maximum absolute atomic E-state index is 6.23. The lowest BCUT2D eigenvalue weighted by Gasteiger charge is -2.11. The van der Waals surface area contributed by atoms with Crippen LogP contribution < -0.4 is 10.5 Å². The molecule has 1 aromatic carbocycles. The maximum Gasteiger partial charge on any atom is 0.138 e. The predicted octanol–water partition coefficient (Wildman–Crippen LogP) is 3.95. The minimum Gasteiger partial charge on any atom is -0.495 e. The van der Waals surface area contributed by atoms with Gasteiger partial charge in [-0.25, -0.2) is 4.98 Å². The van der Waals surface area contributed by atoms with Crippen molar-refractivity contribution >= 4 is 29.0 Å². The van der Waals surface area contributed by atoms with Crippen molar-refractivity contribution in [3.8, 4) is 16.9 Å². The van der Waals surface area contributed by atoms with Gasteiger partial charge in [0.2, 0.25) is 0 Å². The molecule has 0 unspecified atom stereocenters. The van der Waals surface area contributed by atoms with E-state index < -0.39 is 0 Å². The number of ether oxygens (including phenoxy) is 1. The molecule has 1 heterocycles. The minimum atomic E-state index is 0.479. The highest BCUT2D eigenvalue weighted by Gasteiger charge is 2.12. The molecule has 0 spiro atoms. The first-order chi connectivity index (χ1) is 8.52. The largest absolute Gasteiger partial charge is 0.495 e. The summed E-state index contributed by atoms with van der Waals surface area (Å²) in [5, 5.41) is 1.07. The lowest BCUT2D eigenvalue weighted by atomic mass is 10.0. The first kappa shape index (κ1) is 13.0. The Morgan fingerprint density at radius 2 is 1.83 bits per heavy atom. The van der Waals surface area contributed by atoms with Crippen LogP contribution in [-0.2, 0) is 0 Å². The molecule has 1 aromatic heterocycles. The quantitative estimate of drug-likeness (QED) is 0.907. The number of hydrogen-bond donors (Lipinski definition) is 1. The normalized spacial score (nSPS) is 10.4. The maximum atomic E-state index is 6.23. The SMILES string of the molecule is COc1cc(Cl)c(-c2ccc(N)nc2C)cc1Cl. The van der Waals surface area contributed by atoms with Crippen molar-refractivity contribution < 1.29 is 4.74 Å². The van der Waals surface area contributed by atoms with Crippen LogP contribution in [0, 0.1) is 6.92 Å². The highest BCUT2D eigenvalue weighted by molar-refractivity contribution is 6.36. The summed E-state index contributed by atoms with van der Waals surface area (Å²) in [7, 11) is 1.55. The summed E-state index contributed by atoms with van der Waals surface area (Å²) in [6, 6.07) is 7.07. The number of anilines is 1. The Morgan fingerprint density at radius 1 is 1.11 bits per heavy atom. The average molecular weight is 283 g/mol. The van der Waals surface area contributed by atoms with E-state index in [0.717, 1.165) is 16.8 Å². The molecule has 0 saturated carbocycles. The second kappa shape index (κ2) is 5.04. The summed E-state index contributed by atoms with van der Waals surface area (Å²) in [4.78, 5) is 4.21. The van der Waals surface area contributed by atoms with E-state index in [1.807, 2.05) is 13.0 Å². The van der Waals surface area contributed by atoms with E-state index in [0.29, 0.717) is 21.6 Å². The van der Waals surface area contributed by atoms with Crippen LogP contribution in [0.4, 0.5) is 5.82 Å². The smallest absolute Gasteiger partial charge is 0.138 e. The number of hydrogen-bond acceptors (Lipinski definition) is 3. The van der Waals surface area contributed by atoms with Crippen molar-refractivity contribution in [2.45, 2.75) is 6.92 Å². The summed E-state index contributed by atoms with van der Waals surface area (Å²) in [6.45, 7) is 1.88. The van der Waals surface area contributed by atoms with E-state index in [1.165, 1.54) is 0 Å². The number of rotatable bonds is 2. The molecule has 0 fully saturated rings. The molecule has 5 heteroatoms. The van der Waals surface area contributed by atoms with Crippen LogP contribution >= 0.6 is 23.2 Å². The van der Waals surface area contributed by atoms with Gasteiger partial charge in [0.25, 0.3) is 0 Å². The number of aromatic nitrogens is 1. The molecule has 0 bridgehead atoms. The molecule has 2 rings (SSSR count). The first-order valence-electron chi connectivity index (χ1n) is 5.29. The Hall–Kier alpha value is -1.45. The van der Waals surface area contributed by atoms with E-state index in [4.69, 9.17) is 33.7 Å². The lowest BCUT2D eigenvalue weighted by Crippen LogP contribution is -1.95. The van der Waals surface area contributed by atoms with Crippen molar-refractivity contribution in [3.63, 3.8) is 0 Å². The van der Waals surface area contributed by atoms with Gasteiger partial charge >= 0.3 is 0 Å². The molecule has 3 nitrogen and oxygen atoms in total. The lowest BCUT2D eigenvalue weighted by molar-refractivity contribution is 0.415. The van der Waals surface area contributed by atoms with Crippen LogP contribution in [0.3, 0.4) is 0 Å². The van der Waals surface area contributed by atoms with E-state index in [1.54, 1.807) is 25.3 Å². The minimum absolute atomic E-state index is 0.479. The molecule has 0 aliphatic carbocycles. The molecule has 0 aliphatic rings. The van der Waals surface area contributed by atoms with E-state index >= 15 is 0 Å². The second-order valence-electron chi connectivity index (χ2n) is 3.84. The van der Waals surface area contributed by atoms with Crippen molar-refractivity contribution in [1.82, 2.24) is 4.98 Å². The topological polar surface area (TPSA) is 48.1 Å². The summed E-state index contributed by atoms with van der Waals surface area (Å²) < 4.78 is 5.11. The zero-order chi connectivity index (χ0) is 13.3. The molecule has 2 aromatic rings. The Balaban J connectivity index is 2.60. The fourth-order valence-electron chi connectivity index (χ4n) is 1.76. The molecule has 0 amide bonds. The summed E-state index contributed by atoms with van der Waals surface area (Å²) >= 11 is 12.3. The van der Waals surface area contributed by atoms with E-state index in [2.05, 4.69) is 4.98 Å². The zero-order valence-electron chi connectivity index (χ0n) is 10.00. The average Bonchev–Trinajstić information content (AvgIpc) is 2.32. The van der Waals surface area contributed by atoms with Crippen LogP contribution in [0.2, 0.25) is 10.0 Å². The third-order valence-electron chi connectivity index (χ3n) is 2.64. The Bertz CT molecular complexity index is 600. The Kier molecular flexibility index (Phi) is 3.64. The molecule has 0 atom stereocenters. The second-order valence-corrected chi connectivity index (χ2v) is 4.65. The van der Waals surface area contributed by atoms with Gasteiger partial charge in [-0.2, -0.15) is 0 Å². The number of halogens is 2. The van der Waals surface area contributed by atoms with Crippen molar-refractivity contribution in [1.29, 1.82) is 0 Å². The molecule has 2 N–H and O–H groups in total.